The highest BCUT2D eigenvalue weighted by molar-refractivity contribution is 6.00. The normalized spacial score (nSPS) is 19.4. The van der Waals surface area contributed by atoms with Gasteiger partial charge < -0.3 is 14.8 Å². The molecule has 0 aromatic heterocycles. The first-order valence-corrected chi connectivity index (χ1v) is 6.74. The zero-order valence-corrected chi connectivity index (χ0v) is 11.7. The summed E-state index contributed by atoms with van der Waals surface area (Å²) in [6.07, 6.45) is 0.946. The van der Waals surface area contributed by atoms with Gasteiger partial charge in [0.05, 0.1) is 7.11 Å². The summed E-state index contributed by atoms with van der Waals surface area (Å²) < 4.78 is 10.3. The molecule has 1 N–H and O–H groups in total. The molecule has 0 spiro atoms. The number of hydrogen-bond acceptors (Lipinski definition) is 5. The Hall–Kier alpha value is -1.88. The predicted molar refractivity (Wildman–Crippen MR) is 73.9 cm³/mol. The minimum absolute atomic E-state index is 0.209. The van der Waals surface area contributed by atoms with Crippen LogP contribution in [0.3, 0.4) is 0 Å². The van der Waals surface area contributed by atoms with Gasteiger partial charge in [0, 0.05) is 5.56 Å². The lowest BCUT2D eigenvalue weighted by molar-refractivity contribution is -0.148. The maximum absolute atomic E-state index is 12.2. The quantitative estimate of drug-likeness (QED) is 0.653. The van der Waals surface area contributed by atoms with Crippen LogP contribution in [0.4, 0.5) is 0 Å². The Bertz CT molecular complexity index is 477. The van der Waals surface area contributed by atoms with Gasteiger partial charge in [0.15, 0.2) is 6.10 Å². The summed E-state index contributed by atoms with van der Waals surface area (Å²) in [5.74, 6) is 0.122. The third-order valence-electron chi connectivity index (χ3n) is 3.38. The Morgan fingerprint density at radius 2 is 2.00 bits per heavy atom. The predicted octanol–water partition coefficient (Wildman–Crippen LogP) is 1.56. The van der Waals surface area contributed by atoms with E-state index < -0.39 is 6.10 Å². The molecule has 0 saturated carbocycles. The third-order valence-corrected chi connectivity index (χ3v) is 3.38. The van der Waals surface area contributed by atoms with Gasteiger partial charge >= 0.3 is 5.97 Å². The highest BCUT2D eigenvalue weighted by atomic mass is 16.5. The first-order chi connectivity index (χ1) is 9.61. The summed E-state index contributed by atoms with van der Waals surface area (Å²) in [4.78, 5) is 24.0. The Morgan fingerprint density at radius 1 is 1.30 bits per heavy atom. The van der Waals surface area contributed by atoms with E-state index in [1.165, 1.54) is 0 Å². The van der Waals surface area contributed by atoms with Gasteiger partial charge in [-0.25, -0.2) is 0 Å². The molecule has 1 aliphatic heterocycles. The summed E-state index contributed by atoms with van der Waals surface area (Å²) in [6.45, 7) is 2.42. The molecule has 0 bridgehead atoms. The number of rotatable bonds is 5. The van der Waals surface area contributed by atoms with Gasteiger partial charge in [-0.05, 0) is 50.6 Å². The van der Waals surface area contributed by atoms with Crippen molar-refractivity contribution >= 4 is 11.8 Å². The third kappa shape index (κ3) is 3.36. The van der Waals surface area contributed by atoms with Gasteiger partial charge in [-0.15, -0.1) is 0 Å². The Kier molecular flexibility index (Phi) is 4.74. The Morgan fingerprint density at radius 3 is 2.55 bits per heavy atom. The van der Waals surface area contributed by atoms with E-state index in [1.807, 2.05) is 0 Å². The fourth-order valence-electron chi connectivity index (χ4n) is 2.19. The van der Waals surface area contributed by atoms with Gasteiger partial charge in [0.25, 0.3) is 0 Å². The summed E-state index contributed by atoms with van der Waals surface area (Å²) in [7, 11) is 1.57. The van der Waals surface area contributed by atoms with Crippen molar-refractivity contribution in [2.24, 2.45) is 0 Å². The number of Topliss-reactive ketones (excluding diaryl/α,β-unsaturated/α-hetero) is 1. The van der Waals surface area contributed by atoms with Crippen LogP contribution >= 0.6 is 0 Å². The lowest BCUT2D eigenvalue weighted by Crippen LogP contribution is -2.36. The van der Waals surface area contributed by atoms with E-state index in [2.05, 4.69) is 5.32 Å². The van der Waals surface area contributed by atoms with E-state index in [1.54, 1.807) is 38.3 Å². The molecule has 1 aromatic carbocycles. The van der Waals surface area contributed by atoms with Gasteiger partial charge in [-0.3, -0.25) is 9.59 Å². The highest BCUT2D eigenvalue weighted by Gasteiger charge is 2.27. The molecule has 5 nitrogen and oxygen atoms in total. The number of carbonyl (C=O) groups is 2. The molecule has 1 saturated heterocycles. The van der Waals surface area contributed by atoms with Crippen molar-refractivity contribution in [3.63, 3.8) is 0 Å². The molecule has 5 heteroatoms. The zero-order valence-electron chi connectivity index (χ0n) is 11.7. The number of ether oxygens (including phenoxy) is 2. The molecule has 2 rings (SSSR count). The fourth-order valence-corrected chi connectivity index (χ4v) is 2.19. The first kappa shape index (κ1) is 14.5. The van der Waals surface area contributed by atoms with Gasteiger partial charge in [-0.1, -0.05) is 0 Å². The standard InChI is InChI=1S/C15H19NO4/c1-10(20-15(18)13-4-3-9-16-13)14(17)11-5-7-12(19-2)8-6-11/h5-8,10,13,16H,3-4,9H2,1-2H3/t10-,13+/m0/s1. The number of carbonyl (C=O) groups excluding carboxylic acids is 2. The molecule has 20 heavy (non-hydrogen) atoms. The number of hydrogen-bond donors (Lipinski definition) is 1. The van der Waals surface area contributed by atoms with Crippen LogP contribution in [0, 0.1) is 0 Å². The first-order valence-electron chi connectivity index (χ1n) is 6.74. The van der Waals surface area contributed by atoms with E-state index in [0.29, 0.717) is 11.3 Å². The maximum atomic E-state index is 12.2. The Balaban J connectivity index is 1.95. The molecule has 1 fully saturated rings. The molecule has 1 aliphatic rings. The van der Waals surface area contributed by atoms with Crippen molar-refractivity contribution in [3.05, 3.63) is 29.8 Å². The van der Waals surface area contributed by atoms with E-state index in [9.17, 15) is 9.59 Å². The number of nitrogens with one attached hydrogen (secondary N) is 1. The van der Waals surface area contributed by atoms with Crippen LogP contribution in [-0.2, 0) is 9.53 Å². The molecule has 0 aliphatic carbocycles. The average molecular weight is 277 g/mol. The average Bonchev–Trinajstić information content (AvgIpc) is 3.01. The number of esters is 1. The number of ketones is 1. The molecule has 2 atom stereocenters. The van der Waals surface area contributed by atoms with Crippen LogP contribution in [0.5, 0.6) is 5.75 Å². The Labute approximate surface area is 118 Å². The summed E-state index contributed by atoms with van der Waals surface area (Å²) in [6, 6.07) is 6.47. The zero-order chi connectivity index (χ0) is 14.5. The van der Waals surface area contributed by atoms with Crippen molar-refractivity contribution in [2.75, 3.05) is 13.7 Å². The van der Waals surface area contributed by atoms with Crippen LogP contribution in [0.2, 0.25) is 0 Å². The molecule has 1 aromatic rings. The van der Waals surface area contributed by atoms with E-state index >= 15 is 0 Å². The second-order valence-corrected chi connectivity index (χ2v) is 4.82. The van der Waals surface area contributed by atoms with E-state index in [0.717, 1.165) is 19.4 Å². The number of methoxy groups -OCH3 is 1. The van der Waals surface area contributed by atoms with E-state index in [4.69, 9.17) is 9.47 Å². The largest absolute Gasteiger partial charge is 0.497 e. The topological polar surface area (TPSA) is 64.6 Å². The monoisotopic (exact) mass is 277 g/mol. The van der Waals surface area contributed by atoms with Crippen LogP contribution in [0.15, 0.2) is 24.3 Å². The second-order valence-electron chi connectivity index (χ2n) is 4.82. The second kappa shape index (κ2) is 6.52. The van der Waals surface area contributed by atoms with Crippen molar-refractivity contribution in [1.29, 1.82) is 0 Å². The van der Waals surface area contributed by atoms with Crippen LogP contribution in [0.25, 0.3) is 0 Å². The molecule has 1 heterocycles. The molecule has 0 radical (unpaired) electrons. The van der Waals surface area contributed by atoms with Crippen molar-refractivity contribution in [1.82, 2.24) is 5.32 Å². The molecule has 0 amide bonds. The maximum Gasteiger partial charge on any atom is 0.323 e. The minimum atomic E-state index is -0.779. The SMILES string of the molecule is COc1ccc(C(=O)[C@H](C)OC(=O)[C@H]2CCCN2)cc1. The molecular formula is C15H19NO4. The lowest BCUT2D eigenvalue weighted by atomic mass is 10.1. The highest BCUT2D eigenvalue weighted by Crippen LogP contribution is 2.15. The molecule has 0 unspecified atom stereocenters. The van der Waals surface area contributed by atoms with Crippen LogP contribution in [-0.4, -0.2) is 37.6 Å². The molecular weight excluding hydrogens is 258 g/mol. The van der Waals surface area contributed by atoms with Crippen LogP contribution < -0.4 is 10.1 Å². The summed E-state index contributed by atoms with van der Waals surface area (Å²) in [5.41, 5.74) is 0.505. The minimum Gasteiger partial charge on any atom is -0.497 e. The van der Waals surface area contributed by atoms with Gasteiger partial charge in [-0.2, -0.15) is 0 Å². The summed E-state index contributed by atoms with van der Waals surface area (Å²) >= 11 is 0. The van der Waals surface area contributed by atoms with Crippen molar-refractivity contribution < 1.29 is 19.1 Å². The summed E-state index contributed by atoms with van der Waals surface area (Å²) in [5, 5.41) is 3.05. The smallest absolute Gasteiger partial charge is 0.323 e. The van der Waals surface area contributed by atoms with Crippen molar-refractivity contribution in [2.45, 2.75) is 31.9 Å². The fraction of sp³-hybridized carbons (Fsp3) is 0.467. The van der Waals surface area contributed by atoms with E-state index in [-0.39, 0.29) is 17.8 Å². The number of benzene rings is 1. The van der Waals surface area contributed by atoms with Gasteiger partial charge in [0.2, 0.25) is 5.78 Å². The lowest BCUT2D eigenvalue weighted by Gasteiger charge is -2.15. The van der Waals surface area contributed by atoms with Crippen LogP contribution in [0.1, 0.15) is 30.1 Å². The molecule has 108 valence electrons. The van der Waals surface area contributed by atoms with Gasteiger partial charge in [0.1, 0.15) is 11.8 Å². The van der Waals surface area contributed by atoms with Crippen molar-refractivity contribution in [3.8, 4) is 5.75 Å².